The van der Waals surface area contributed by atoms with Gasteiger partial charge in [-0.25, -0.2) is 4.39 Å². The fourth-order valence-corrected chi connectivity index (χ4v) is 3.00. The molecule has 0 amide bonds. The first-order valence-corrected chi connectivity index (χ1v) is 10.0. The van der Waals surface area contributed by atoms with Crippen LogP contribution in [0.4, 0.5) is 15.8 Å². The van der Waals surface area contributed by atoms with E-state index in [1.54, 1.807) is 6.92 Å². The van der Waals surface area contributed by atoms with Crippen LogP contribution >= 0.6 is 0 Å². The van der Waals surface area contributed by atoms with E-state index in [1.165, 1.54) is 32.2 Å². The number of aryl methyl sites for hydroxylation is 1. The van der Waals surface area contributed by atoms with E-state index in [0.717, 1.165) is 4.90 Å². The number of carbonyl (C=O) groups is 1. The van der Waals surface area contributed by atoms with Crippen molar-refractivity contribution in [3.05, 3.63) is 71.1 Å². The number of halogens is 1. The highest BCUT2D eigenvalue weighted by Gasteiger charge is 2.16. The summed E-state index contributed by atoms with van der Waals surface area (Å²) in [6.45, 7) is 0.150. The third kappa shape index (κ3) is 5.93. The van der Waals surface area contributed by atoms with Crippen molar-refractivity contribution < 1.29 is 24.9 Å². The van der Waals surface area contributed by atoms with Crippen molar-refractivity contribution in [1.82, 2.24) is 9.88 Å². The van der Waals surface area contributed by atoms with Crippen molar-refractivity contribution in [3.63, 3.8) is 0 Å². The Labute approximate surface area is 204 Å². The number of carbonyl (C=O) groups excluding carboxylic acids is 1. The van der Waals surface area contributed by atoms with Gasteiger partial charge in [0.1, 0.15) is 17.6 Å². The number of pyridine rings is 1. The Bertz CT molecular complexity index is 1600. The number of ketones is 1. The molecule has 0 aliphatic carbocycles. The molecule has 0 spiro atoms. The number of hydrogen-bond acceptors (Lipinski definition) is 6. The van der Waals surface area contributed by atoms with Crippen molar-refractivity contribution in [2.75, 3.05) is 32.5 Å². The average molecular weight is 455 g/mol. The van der Waals surface area contributed by atoms with Crippen molar-refractivity contribution >= 4 is 28.1 Å². The molecule has 0 aliphatic rings. The zero-order valence-corrected chi connectivity index (χ0v) is 18.4. The minimum Gasteiger partial charge on any atom is -0.494 e. The Morgan fingerprint density at radius 3 is 3.00 bits per heavy atom. The van der Waals surface area contributed by atoms with Gasteiger partial charge in [-0.1, -0.05) is 6.05 Å². The van der Waals surface area contributed by atoms with Gasteiger partial charge in [0, 0.05) is 45.9 Å². The Balaban J connectivity index is 2.25. The number of nitriles is 1. The summed E-state index contributed by atoms with van der Waals surface area (Å²) in [5.41, 5.74) is 0.0560. The predicted molar refractivity (Wildman–Crippen MR) is 128 cm³/mol. The number of nitrogens with one attached hydrogen (secondary N) is 1. The second kappa shape index (κ2) is 10.7. The van der Waals surface area contributed by atoms with E-state index in [9.17, 15) is 14.4 Å². The Kier molecular flexibility index (Phi) is 4.91. The van der Waals surface area contributed by atoms with Crippen molar-refractivity contribution in [2.24, 2.45) is 0 Å². The molecule has 3 rings (SSSR count). The number of aromatic nitrogens is 1. The van der Waals surface area contributed by atoms with Crippen LogP contribution in [0.5, 0.6) is 5.75 Å². The lowest BCUT2D eigenvalue weighted by atomic mass is 10.0. The fraction of sp³-hybridized carbons (Fsp3) is 0.269. The van der Waals surface area contributed by atoms with Crippen molar-refractivity contribution in [3.8, 4) is 11.8 Å². The summed E-state index contributed by atoms with van der Waals surface area (Å²) < 4.78 is 84.0. The van der Waals surface area contributed by atoms with Gasteiger partial charge in [-0.2, -0.15) is 5.26 Å². The molecule has 0 bridgehead atoms. The first-order chi connectivity index (χ1) is 19.1. The molecule has 0 radical (unpaired) electrons. The van der Waals surface area contributed by atoms with Crippen LogP contribution < -0.4 is 10.1 Å². The number of hydrogen-bond donors (Lipinski definition) is 1. The topological polar surface area (TPSA) is 78.2 Å². The van der Waals surface area contributed by atoms with Crippen molar-refractivity contribution in [1.29, 1.82) is 5.26 Å². The Morgan fingerprint density at radius 2 is 2.30 bits per heavy atom. The van der Waals surface area contributed by atoms with E-state index in [2.05, 4.69) is 10.3 Å². The van der Waals surface area contributed by atoms with Crippen LogP contribution in [-0.2, 0) is 11.2 Å². The van der Waals surface area contributed by atoms with E-state index in [1.807, 2.05) is 6.07 Å². The number of nitrogens with zero attached hydrogens (tertiary/aromatic N) is 3. The quantitative estimate of drug-likeness (QED) is 0.462. The van der Waals surface area contributed by atoms with Gasteiger partial charge in [0.15, 0.2) is 5.78 Å². The molecule has 0 saturated carbocycles. The molecule has 1 heterocycles. The molecule has 0 aliphatic heterocycles. The lowest BCUT2D eigenvalue weighted by Crippen LogP contribution is -2.11. The normalized spacial score (nSPS) is 15.6. The monoisotopic (exact) mass is 454 g/mol. The minimum absolute atomic E-state index is 0.0403. The van der Waals surface area contributed by atoms with Gasteiger partial charge in [-0.3, -0.25) is 9.78 Å². The summed E-state index contributed by atoms with van der Waals surface area (Å²) in [6.07, 6.45) is -1.12. The second-order valence-electron chi connectivity index (χ2n) is 7.15. The summed E-state index contributed by atoms with van der Waals surface area (Å²) in [5.74, 6) is -1.57. The summed E-state index contributed by atoms with van der Waals surface area (Å²) in [4.78, 5) is 18.0. The van der Waals surface area contributed by atoms with Gasteiger partial charge in [0.25, 0.3) is 0 Å². The minimum atomic E-state index is -2.54. The lowest BCUT2D eigenvalue weighted by Gasteiger charge is -2.15. The highest BCUT2D eigenvalue weighted by molar-refractivity contribution is 5.98. The SMILES string of the molecule is [2H]/C(CN(C)C([2H])([2H])[2H])=C(/[2H])C(=O)Cc1c(OCC)c([2H])c2nc([2H])c(C#N)c(Nc3ccc(F)c(C)c3)c2c1[2H]. The van der Waals surface area contributed by atoms with Gasteiger partial charge >= 0.3 is 0 Å². The van der Waals surface area contributed by atoms with Gasteiger partial charge < -0.3 is 15.0 Å². The number of likely N-dealkylation sites (N-methyl/N-ethyl adjacent to an activating group) is 1. The van der Waals surface area contributed by atoms with Crippen LogP contribution in [0.3, 0.4) is 0 Å². The maximum absolute atomic E-state index is 13.9. The second-order valence-corrected chi connectivity index (χ2v) is 7.15. The van der Waals surface area contributed by atoms with E-state index in [4.69, 9.17) is 15.7 Å². The van der Waals surface area contributed by atoms with Crippen LogP contribution in [0.2, 0.25) is 0 Å². The van der Waals surface area contributed by atoms with Crippen LogP contribution in [-0.4, -0.2) is 42.8 Å². The molecule has 0 fully saturated rings. The molecule has 1 aromatic heterocycles. The molecule has 2 aromatic carbocycles. The van der Waals surface area contributed by atoms with Gasteiger partial charge in [-0.15, -0.1) is 0 Å². The molecular weight excluding hydrogens is 419 g/mol. The molecule has 7 heteroatoms. The van der Waals surface area contributed by atoms with Crippen LogP contribution in [0.15, 0.2) is 48.6 Å². The average Bonchev–Trinajstić information content (AvgIpc) is 2.89. The number of fused-ring (bicyclic) bond motifs is 1. The standard InChI is InChI=1S/C26H27FN4O2/c1-5-33-25-14-24-22(13-18(25)12-21(32)7-6-10-31(3)4)26(19(15-28)16-29-24)30-20-8-9-23(27)17(2)11-20/h6-9,11,13-14,16H,5,10,12H2,1-4H3,(H,29,30)/b7-6+/i3D3,6D,7D,13D,14D,16D. The number of allylic oxidation sites excluding steroid dienone is 1. The molecule has 170 valence electrons. The maximum atomic E-state index is 13.9. The molecule has 0 unspecified atom stereocenters. The first-order valence-electron chi connectivity index (χ1n) is 14.0. The van der Waals surface area contributed by atoms with Crippen LogP contribution in [0.1, 0.15) is 34.6 Å². The van der Waals surface area contributed by atoms with E-state index >= 15 is 0 Å². The number of anilines is 2. The van der Waals surface area contributed by atoms with Crippen molar-refractivity contribution in [2.45, 2.75) is 20.3 Å². The maximum Gasteiger partial charge on any atom is 0.159 e. The largest absolute Gasteiger partial charge is 0.494 e. The molecular formula is C26H27FN4O2. The Hall–Kier alpha value is -3.76. The zero-order valence-electron chi connectivity index (χ0n) is 26.4. The number of ether oxygens (including phenoxy) is 1. The van der Waals surface area contributed by atoms with E-state index in [0.29, 0.717) is 11.3 Å². The van der Waals surface area contributed by atoms with E-state index < -0.39 is 49.8 Å². The van der Waals surface area contributed by atoms with Crippen LogP contribution in [0.25, 0.3) is 10.9 Å². The molecule has 0 saturated heterocycles. The third-order valence-electron chi connectivity index (χ3n) is 4.51. The molecule has 0 atom stereocenters. The summed E-state index contributed by atoms with van der Waals surface area (Å²) in [5, 5.41) is 12.7. The Morgan fingerprint density at radius 1 is 1.48 bits per heavy atom. The predicted octanol–water partition coefficient (Wildman–Crippen LogP) is 4.93. The van der Waals surface area contributed by atoms with E-state index in [-0.39, 0.29) is 52.2 Å². The lowest BCUT2D eigenvalue weighted by molar-refractivity contribution is -0.114. The number of rotatable bonds is 9. The fourth-order valence-electron chi connectivity index (χ4n) is 3.00. The van der Waals surface area contributed by atoms with Gasteiger partial charge in [-0.05, 0) is 63.7 Å². The molecule has 1 N–H and O–H groups in total. The number of benzene rings is 2. The summed E-state index contributed by atoms with van der Waals surface area (Å²) in [6, 6.07) is 3.88. The van der Waals surface area contributed by atoms with Gasteiger partial charge in [0.05, 0.1) is 30.2 Å². The molecule has 6 nitrogen and oxygen atoms in total. The highest BCUT2D eigenvalue weighted by atomic mass is 19.1. The van der Waals surface area contributed by atoms with Crippen LogP contribution in [0, 0.1) is 24.1 Å². The third-order valence-corrected chi connectivity index (χ3v) is 4.51. The summed E-state index contributed by atoms with van der Waals surface area (Å²) in [7, 11) is 1.22. The zero-order chi connectivity index (χ0) is 30.8. The smallest absolute Gasteiger partial charge is 0.159 e. The molecule has 33 heavy (non-hydrogen) atoms. The van der Waals surface area contributed by atoms with Gasteiger partial charge in [0.2, 0.25) is 0 Å². The first kappa shape index (κ1) is 15.1. The highest BCUT2D eigenvalue weighted by Crippen LogP contribution is 2.34. The molecule has 3 aromatic rings. The summed E-state index contributed by atoms with van der Waals surface area (Å²) >= 11 is 0.